The molecule has 1 aromatic carbocycles. The fraction of sp³-hybridized carbons (Fsp3) is 0.562. The van der Waals surface area contributed by atoms with E-state index in [2.05, 4.69) is 26.9 Å². The van der Waals surface area contributed by atoms with Crippen LogP contribution in [0.15, 0.2) is 29.3 Å². The van der Waals surface area contributed by atoms with E-state index in [4.69, 9.17) is 0 Å². The molecule has 1 heterocycles. The maximum absolute atomic E-state index is 11.5. The molecule has 25 heavy (non-hydrogen) atoms. The van der Waals surface area contributed by atoms with Crippen molar-refractivity contribution in [2.24, 2.45) is 4.99 Å². The van der Waals surface area contributed by atoms with Gasteiger partial charge in [0.25, 0.3) is 0 Å². The Morgan fingerprint density at radius 1 is 1.40 bits per heavy atom. The number of guanidine groups is 1. The third-order valence-corrected chi connectivity index (χ3v) is 5.82. The molecule has 1 aromatic rings. The minimum atomic E-state index is -3.30. The molecule has 0 amide bonds. The average molecular weight is 498 g/mol. The minimum Gasteiger partial charge on any atom is -0.352 e. The van der Waals surface area contributed by atoms with Gasteiger partial charge < -0.3 is 10.2 Å². The molecule has 0 saturated carbocycles. The summed E-state index contributed by atoms with van der Waals surface area (Å²) < 4.78 is 25.6. The molecule has 6 nitrogen and oxygen atoms in total. The van der Waals surface area contributed by atoms with Crippen LogP contribution in [0.25, 0.3) is 0 Å². The molecule has 9 heteroatoms. The normalized spacial score (nSPS) is 18.4. The molecule has 1 atom stereocenters. The molecule has 0 aromatic heterocycles. The summed E-state index contributed by atoms with van der Waals surface area (Å²) in [7, 11) is -1.51. The molecular formula is C16H27IN4O2S2. The number of benzene rings is 1. The van der Waals surface area contributed by atoms with Gasteiger partial charge in [-0.2, -0.15) is 11.8 Å². The fourth-order valence-electron chi connectivity index (χ4n) is 2.64. The summed E-state index contributed by atoms with van der Waals surface area (Å²) in [6.45, 7) is 4.70. The first-order valence-electron chi connectivity index (χ1n) is 8.06. The highest BCUT2D eigenvalue weighted by Crippen LogP contribution is 2.21. The van der Waals surface area contributed by atoms with E-state index in [0.29, 0.717) is 17.5 Å². The van der Waals surface area contributed by atoms with Gasteiger partial charge in [0, 0.05) is 37.7 Å². The van der Waals surface area contributed by atoms with Gasteiger partial charge in [-0.15, -0.1) is 24.0 Å². The zero-order chi connectivity index (χ0) is 17.6. The third-order valence-electron chi connectivity index (χ3n) is 3.86. The topological polar surface area (TPSA) is 73.8 Å². The molecule has 2 N–H and O–H groups in total. The van der Waals surface area contributed by atoms with Crippen molar-refractivity contribution in [1.29, 1.82) is 0 Å². The van der Waals surface area contributed by atoms with E-state index in [1.54, 1.807) is 13.1 Å². The predicted octanol–water partition coefficient (Wildman–Crippen LogP) is 2.58. The second-order valence-electron chi connectivity index (χ2n) is 5.78. The molecule has 0 spiro atoms. The number of thioether (sulfide) groups is 1. The Morgan fingerprint density at radius 3 is 2.76 bits per heavy atom. The van der Waals surface area contributed by atoms with E-state index in [9.17, 15) is 8.42 Å². The fourth-order valence-corrected chi connectivity index (χ4v) is 4.42. The molecule has 1 unspecified atom stereocenters. The van der Waals surface area contributed by atoms with Crippen LogP contribution in [0.4, 0.5) is 5.69 Å². The Kier molecular flexibility index (Phi) is 9.36. The molecular weight excluding hydrogens is 471 g/mol. The number of para-hydroxylation sites is 1. The molecule has 142 valence electrons. The number of hydrogen-bond acceptors (Lipinski definition) is 4. The van der Waals surface area contributed by atoms with Gasteiger partial charge in [-0.25, -0.2) is 8.42 Å². The molecule has 0 radical (unpaired) electrons. The van der Waals surface area contributed by atoms with Crippen LogP contribution in [0.2, 0.25) is 0 Å². The zero-order valence-electron chi connectivity index (χ0n) is 14.9. The smallest absolute Gasteiger partial charge is 0.229 e. The Morgan fingerprint density at radius 2 is 2.12 bits per heavy atom. The van der Waals surface area contributed by atoms with E-state index in [0.717, 1.165) is 43.0 Å². The van der Waals surface area contributed by atoms with Crippen LogP contribution in [0.5, 0.6) is 0 Å². The van der Waals surface area contributed by atoms with Crippen LogP contribution >= 0.6 is 35.7 Å². The van der Waals surface area contributed by atoms with Crippen molar-refractivity contribution in [3.63, 3.8) is 0 Å². The van der Waals surface area contributed by atoms with Gasteiger partial charge in [-0.3, -0.25) is 9.71 Å². The highest BCUT2D eigenvalue weighted by molar-refractivity contribution is 14.0. The Hall–Kier alpha value is -0.680. The molecule has 0 bridgehead atoms. The van der Waals surface area contributed by atoms with E-state index in [1.807, 2.05) is 30.0 Å². The van der Waals surface area contributed by atoms with Crippen LogP contribution in [0.3, 0.4) is 0 Å². The summed E-state index contributed by atoms with van der Waals surface area (Å²) >= 11 is 2.02. The summed E-state index contributed by atoms with van der Waals surface area (Å²) in [5.74, 6) is 1.97. The van der Waals surface area contributed by atoms with Crippen molar-refractivity contribution in [2.75, 3.05) is 36.9 Å². The number of nitrogens with one attached hydrogen (secondary N) is 2. The number of nitrogens with zero attached hydrogens (tertiary/aromatic N) is 2. The number of sulfonamides is 1. The second-order valence-corrected chi connectivity index (χ2v) is 8.94. The predicted molar refractivity (Wildman–Crippen MR) is 119 cm³/mol. The van der Waals surface area contributed by atoms with Gasteiger partial charge in [0.15, 0.2) is 5.96 Å². The lowest BCUT2D eigenvalue weighted by Crippen LogP contribution is -2.47. The third kappa shape index (κ3) is 7.22. The van der Waals surface area contributed by atoms with Gasteiger partial charge in [-0.1, -0.05) is 25.1 Å². The maximum atomic E-state index is 11.5. The van der Waals surface area contributed by atoms with Crippen molar-refractivity contribution in [3.8, 4) is 0 Å². The lowest BCUT2D eigenvalue weighted by Gasteiger charge is -2.34. The van der Waals surface area contributed by atoms with Crippen molar-refractivity contribution in [3.05, 3.63) is 29.8 Å². The van der Waals surface area contributed by atoms with Crippen molar-refractivity contribution >= 4 is 57.4 Å². The van der Waals surface area contributed by atoms with Gasteiger partial charge in [0.05, 0.1) is 11.9 Å². The van der Waals surface area contributed by atoms with Crippen LogP contribution in [-0.4, -0.2) is 56.7 Å². The first-order chi connectivity index (χ1) is 11.4. The van der Waals surface area contributed by atoms with Crippen LogP contribution in [-0.2, 0) is 16.6 Å². The van der Waals surface area contributed by atoms with Crippen molar-refractivity contribution in [1.82, 2.24) is 10.2 Å². The van der Waals surface area contributed by atoms with E-state index in [1.165, 1.54) is 0 Å². The summed E-state index contributed by atoms with van der Waals surface area (Å²) in [4.78, 5) is 6.66. The molecule has 1 aliphatic rings. The largest absolute Gasteiger partial charge is 0.352 e. The quantitative estimate of drug-likeness (QED) is 0.371. The first kappa shape index (κ1) is 22.4. The summed E-state index contributed by atoms with van der Waals surface area (Å²) in [6, 6.07) is 7.40. The van der Waals surface area contributed by atoms with Crippen LogP contribution < -0.4 is 10.0 Å². The number of halogens is 1. The Balaban J connectivity index is 0.00000312. The Labute approximate surface area is 172 Å². The van der Waals surface area contributed by atoms with Crippen LogP contribution in [0, 0.1) is 0 Å². The van der Waals surface area contributed by atoms with E-state index >= 15 is 0 Å². The summed E-state index contributed by atoms with van der Waals surface area (Å²) in [6.07, 6.45) is 2.31. The number of hydrogen-bond donors (Lipinski definition) is 2. The maximum Gasteiger partial charge on any atom is 0.229 e. The summed E-state index contributed by atoms with van der Waals surface area (Å²) in [5, 5.41) is 3.99. The zero-order valence-corrected chi connectivity index (χ0v) is 18.8. The average Bonchev–Trinajstić information content (AvgIpc) is 2.55. The highest BCUT2D eigenvalue weighted by Gasteiger charge is 2.21. The second kappa shape index (κ2) is 10.5. The molecule has 1 saturated heterocycles. The molecule has 1 aliphatic heterocycles. The van der Waals surface area contributed by atoms with Gasteiger partial charge in [-0.05, 0) is 18.1 Å². The van der Waals surface area contributed by atoms with Crippen molar-refractivity contribution < 1.29 is 8.42 Å². The Bertz CT molecular complexity index is 682. The number of rotatable bonds is 5. The van der Waals surface area contributed by atoms with Crippen LogP contribution in [0.1, 0.15) is 18.9 Å². The van der Waals surface area contributed by atoms with E-state index < -0.39 is 10.0 Å². The summed E-state index contributed by atoms with van der Waals surface area (Å²) in [5.41, 5.74) is 1.49. The standard InChI is InChI=1S/C16H26N4O2S2.HI/c1-4-14-12-20(9-10-23-14)16(17-2)18-11-13-7-5-6-8-15(13)19-24(3,21)22;/h5-8,14,19H,4,9-12H2,1-3H3,(H,17,18);1H. The minimum absolute atomic E-state index is 0. The lowest BCUT2D eigenvalue weighted by atomic mass is 10.2. The van der Waals surface area contributed by atoms with E-state index in [-0.39, 0.29) is 24.0 Å². The first-order valence-corrected chi connectivity index (χ1v) is 11.0. The molecule has 1 fully saturated rings. The van der Waals surface area contributed by atoms with Crippen molar-refractivity contribution in [2.45, 2.75) is 25.1 Å². The van der Waals surface area contributed by atoms with Gasteiger partial charge in [0.2, 0.25) is 10.0 Å². The highest BCUT2D eigenvalue weighted by atomic mass is 127. The van der Waals surface area contributed by atoms with Gasteiger partial charge in [0.1, 0.15) is 0 Å². The number of anilines is 1. The lowest BCUT2D eigenvalue weighted by molar-refractivity contribution is 0.408. The SMILES string of the molecule is CCC1CN(C(=NC)NCc2ccccc2NS(C)(=O)=O)CCS1.I. The number of aliphatic imine (C=N–C) groups is 1. The van der Waals surface area contributed by atoms with Gasteiger partial charge >= 0.3 is 0 Å². The monoisotopic (exact) mass is 498 g/mol. The molecule has 2 rings (SSSR count). The molecule has 0 aliphatic carbocycles.